The van der Waals surface area contributed by atoms with Crippen LogP contribution in [0.1, 0.15) is 23.8 Å². The molecule has 1 amide bonds. The van der Waals surface area contributed by atoms with Gasteiger partial charge < -0.3 is 15.8 Å². The molecule has 0 saturated heterocycles. The first-order chi connectivity index (χ1) is 13.4. The predicted octanol–water partition coefficient (Wildman–Crippen LogP) is 1.66. The summed E-state index contributed by atoms with van der Waals surface area (Å²) in [4.78, 5) is 34.7. The van der Waals surface area contributed by atoms with Gasteiger partial charge >= 0.3 is 0 Å². The van der Waals surface area contributed by atoms with Gasteiger partial charge in [0.2, 0.25) is 0 Å². The van der Waals surface area contributed by atoms with Crippen molar-refractivity contribution in [1.82, 2.24) is 15.0 Å². The summed E-state index contributed by atoms with van der Waals surface area (Å²) >= 11 is 0. The molecule has 3 rings (SSSR count). The number of nitrogens with one attached hydrogen (secondary N) is 1. The Labute approximate surface area is 159 Å². The summed E-state index contributed by atoms with van der Waals surface area (Å²) in [6.45, 7) is 1.73. The van der Waals surface area contributed by atoms with Gasteiger partial charge in [-0.15, -0.1) is 0 Å². The molecule has 0 spiro atoms. The number of carbonyl (C=O) groups is 2. The molecule has 3 aromatic rings. The smallest absolute Gasteiger partial charge is 0.271 e. The molecule has 2 aromatic heterocycles. The summed E-state index contributed by atoms with van der Waals surface area (Å²) in [5, 5.41) is 4.68. The van der Waals surface area contributed by atoms with Crippen molar-refractivity contribution < 1.29 is 14.0 Å². The number of hydrogen-bond acceptors (Lipinski definition) is 8. The summed E-state index contributed by atoms with van der Waals surface area (Å²) in [5.41, 5.74) is 5.78. The van der Waals surface area contributed by atoms with Crippen molar-refractivity contribution in [3.63, 3.8) is 0 Å². The first kappa shape index (κ1) is 19.1. The van der Waals surface area contributed by atoms with E-state index in [0.29, 0.717) is 11.1 Å². The van der Waals surface area contributed by atoms with E-state index in [4.69, 9.17) is 11.6 Å². The third kappa shape index (κ3) is 3.86. The Morgan fingerprint density at radius 1 is 1.39 bits per heavy atom. The molecule has 144 valence electrons. The van der Waals surface area contributed by atoms with Crippen LogP contribution in [0.2, 0.25) is 0 Å². The van der Waals surface area contributed by atoms with Crippen molar-refractivity contribution in [3.8, 4) is 0 Å². The molecule has 0 fully saturated rings. The second kappa shape index (κ2) is 7.92. The lowest BCUT2D eigenvalue weighted by Crippen LogP contribution is -2.40. The minimum atomic E-state index is -0.811. The van der Waals surface area contributed by atoms with Gasteiger partial charge in [0.25, 0.3) is 5.91 Å². The Kier molecular flexibility index (Phi) is 5.41. The first-order valence-corrected chi connectivity index (χ1v) is 8.36. The Morgan fingerprint density at radius 2 is 2.18 bits per heavy atom. The van der Waals surface area contributed by atoms with Crippen LogP contribution in [0, 0.1) is 5.82 Å². The van der Waals surface area contributed by atoms with E-state index in [9.17, 15) is 14.0 Å². The molecule has 1 atom stereocenters. The SMILES string of the molecule is CC(CC=O)N(N)c1cnc(C(N)=O)c(Nc2cc(F)c3ncccc3c2)n1. The van der Waals surface area contributed by atoms with Gasteiger partial charge in [-0.3, -0.25) is 14.8 Å². The molecule has 0 aliphatic carbocycles. The van der Waals surface area contributed by atoms with Crippen LogP contribution in [-0.2, 0) is 4.79 Å². The Morgan fingerprint density at radius 3 is 2.89 bits per heavy atom. The van der Waals surface area contributed by atoms with Crippen LogP contribution in [0.3, 0.4) is 0 Å². The van der Waals surface area contributed by atoms with Gasteiger partial charge in [0.1, 0.15) is 11.8 Å². The average molecular weight is 383 g/mol. The number of carbonyl (C=O) groups excluding carboxylic acids is 2. The molecule has 1 aromatic carbocycles. The second-order valence-corrected chi connectivity index (χ2v) is 6.11. The van der Waals surface area contributed by atoms with Crippen molar-refractivity contribution in [3.05, 3.63) is 48.2 Å². The summed E-state index contributed by atoms with van der Waals surface area (Å²) in [6.07, 6.45) is 3.69. The first-order valence-electron chi connectivity index (χ1n) is 8.36. The average Bonchev–Trinajstić information content (AvgIpc) is 2.67. The molecule has 0 radical (unpaired) electrons. The molecule has 9 nitrogen and oxygen atoms in total. The fourth-order valence-corrected chi connectivity index (χ4v) is 2.61. The molecule has 5 N–H and O–H groups in total. The number of nitrogens with two attached hydrogens (primary N) is 2. The van der Waals surface area contributed by atoms with Gasteiger partial charge in [0, 0.05) is 23.7 Å². The lowest BCUT2D eigenvalue weighted by Gasteiger charge is -2.24. The van der Waals surface area contributed by atoms with Gasteiger partial charge in [0.05, 0.1) is 12.2 Å². The highest BCUT2D eigenvalue weighted by atomic mass is 19.1. The van der Waals surface area contributed by atoms with Gasteiger partial charge in [-0.05, 0) is 25.1 Å². The zero-order valence-corrected chi connectivity index (χ0v) is 15.0. The molecule has 1 unspecified atom stereocenters. The van der Waals surface area contributed by atoms with Gasteiger partial charge in [0.15, 0.2) is 23.1 Å². The number of pyridine rings is 1. The van der Waals surface area contributed by atoms with Gasteiger partial charge in [-0.2, -0.15) is 0 Å². The number of nitrogens with zero attached hydrogens (tertiary/aromatic N) is 4. The van der Waals surface area contributed by atoms with Crippen LogP contribution >= 0.6 is 0 Å². The molecule has 2 heterocycles. The lowest BCUT2D eigenvalue weighted by molar-refractivity contribution is -0.108. The van der Waals surface area contributed by atoms with E-state index < -0.39 is 11.7 Å². The zero-order valence-electron chi connectivity index (χ0n) is 15.0. The van der Waals surface area contributed by atoms with E-state index in [0.717, 1.165) is 6.29 Å². The van der Waals surface area contributed by atoms with Gasteiger partial charge in [-0.25, -0.2) is 20.2 Å². The Bertz CT molecular complexity index is 1040. The van der Waals surface area contributed by atoms with Crippen molar-refractivity contribution in [2.75, 3.05) is 10.3 Å². The number of rotatable bonds is 7. The van der Waals surface area contributed by atoms with Crippen LogP contribution in [0.15, 0.2) is 36.7 Å². The normalized spacial score (nSPS) is 11.8. The fourth-order valence-electron chi connectivity index (χ4n) is 2.61. The number of aldehydes is 1. The minimum Gasteiger partial charge on any atom is -0.364 e. The number of primary amides is 1. The quantitative estimate of drug-likeness (QED) is 0.318. The predicted molar refractivity (Wildman–Crippen MR) is 102 cm³/mol. The van der Waals surface area contributed by atoms with Crippen LogP contribution < -0.4 is 21.9 Å². The number of amides is 1. The van der Waals surface area contributed by atoms with Crippen LogP contribution in [0.25, 0.3) is 10.9 Å². The molecular weight excluding hydrogens is 365 g/mol. The second-order valence-electron chi connectivity index (χ2n) is 6.11. The van der Waals surface area contributed by atoms with Crippen molar-refractivity contribution in [1.29, 1.82) is 0 Å². The van der Waals surface area contributed by atoms with E-state index >= 15 is 0 Å². The molecule has 28 heavy (non-hydrogen) atoms. The molecule has 10 heteroatoms. The standard InChI is InChI=1S/C18H18FN7O2/c1-10(4-6-27)26(21)14-9-23-16(17(20)28)18(25-14)24-12-7-11-3-2-5-22-15(11)13(19)8-12/h2-3,5-10H,4,21H2,1H3,(H2,20,28)(H,24,25). The van der Waals surface area contributed by atoms with E-state index in [1.807, 2.05) is 0 Å². The van der Waals surface area contributed by atoms with E-state index in [1.165, 1.54) is 23.5 Å². The van der Waals surface area contributed by atoms with Crippen LogP contribution in [0.4, 0.5) is 21.7 Å². The molecule has 0 saturated carbocycles. The highest BCUT2D eigenvalue weighted by molar-refractivity contribution is 5.96. The summed E-state index contributed by atoms with van der Waals surface area (Å²) in [6, 6.07) is 5.92. The van der Waals surface area contributed by atoms with Crippen LogP contribution in [0.5, 0.6) is 0 Å². The summed E-state index contributed by atoms with van der Waals surface area (Å²) < 4.78 is 14.3. The summed E-state index contributed by atoms with van der Waals surface area (Å²) in [7, 11) is 0. The summed E-state index contributed by atoms with van der Waals surface area (Å²) in [5.74, 6) is 4.85. The van der Waals surface area contributed by atoms with E-state index in [-0.39, 0.29) is 35.3 Å². The van der Waals surface area contributed by atoms with Crippen LogP contribution in [-0.4, -0.2) is 33.2 Å². The number of aromatic nitrogens is 3. The topological polar surface area (TPSA) is 140 Å². The lowest BCUT2D eigenvalue weighted by atomic mass is 10.2. The zero-order chi connectivity index (χ0) is 20.3. The van der Waals surface area contributed by atoms with Crippen molar-refractivity contribution >= 4 is 40.4 Å². The third-order valence-corrected chi connectivity index (χ3v) is 4.09. The Balaban J connectivity index is 2.01. The number of anilines is 3. The fraction of sp³-hybridized carbons (Fsp3) is 0.167. The highest BCUT2D eigenvalue weighted by Gasteiger charge is 2.18. The molecule has 0 bridgehead atoms. The third-order valence-electron chi connectivity index (χ3n) is 4.09. The number of halogens is 1. The van der Waals surface area contributed by atoms with E-state index in [1.54, 1.807) is 25.1 Å². The van der Waals surface area contributed by atoms with Crippen molar-refractivity contribution in [2.45, 2.75) is 19.4 Å². The maximum Gasteiger partial charge on any atom is 0.271 e. The monoisotopic (exact) mass is 383 g/mol. The maximum absolute atomic E-state index is 14.3. The molecule has 0 aliphatic rings. The number of hydrazine groups is 1. The van der Waals surface area contributed by atoms with E-state index in [2.05, 4.69) is 20.3 Å². The number of fused-ring (bicyclic) bond motifs is 1. The van der Waals surface area contributed by atoms with Gasteiger partial charge in [-0.1, -0.05) is 6.07 Å². The molecule has 0 aliphatic heterocycles. The maximum atomic E-state index is 14.3. The molecular formula is C18H18FN7O2. The van der Waals surface area contributed by atoms with Crippen molar-refractivity contribution in [2.24, 2.45) is 11.6 Å². The number of hydrogen-bond donors (Lipinski definition) is 3. The highest BCUT2D eigenvalue weighted by Crippen LogP contribution is 2.25. The largest absolute Gasteiger partial charge is 0.364 e. The number of benzene rings is 1. The Hall–Kier alpha value is -3.66. The minimum absolute atomic E-state index is 0.0152.